The van der Waals surface area contributed by atoms with Crippen LogP contribution in [0, 0.1) is 5.92 Å². The molecule has 1 aromatic heterocycles. The molecule has 158 valence electrons. The highest BCUT2D eigenvalue weighted by molar-refractivity contribution is 7.94. The number of benzene rings is 1. The lowest BCUT2D eigenvalue weighted by molar-refractivity contribution is -0.132. The lowest BCUT2D eigenvalue weighted by atomic mass is 10.1. The predicted molar refractivity (Wildman–Crippen MR) is 118 cm³/mol. The Hall–Kier alpha value is -1.90. The highest BCUT2D eigenvalue weighted by atomic mass is 32.2. The molecule has 1 aliphatic heterocycles. The number of hydrogen-bond acceptors (Lipinski definition) is 5. The van der Waals surface area contributed by atoms with E-state index in [1.165, 1.54) is 17.8 Å². The van der Waals surface area contributed by atoms with Crippen LogP contribution in [0.2, 0.25) is 0 Å². The van der Waals surface area contributed by atoms with Gasteiger partial charge in [-0.15, -0.1) is 11.3 Å². The molecule has 2 aromatic rings. The SMILES string of the molecule is CC(C)CCN1CCN(C(=O)Cc2ccc(NS(=O)(=O)c3cccs3)cc2)CC1. The van der Waals surface area contributed by atoms with Crippen LogP contribution in [0.1, 0.15) is 25.8 Å². The van der Waals surface area contributed by atoms with E-state index in [-0.39, 0.29) is 10.1 Å². The van der Waals surface area contributed by atoms with Crippen molar-refractivity contribution in [2.24, 2.45) is 5.92 Å². The molecule has 1 aromatic carbocycles. The van der Waals surface area contributed by atoms with Crippen LogP contribution in [0.3, 0.4) is 0 Å². The predicted octanol–water partition coefficient (Wildman–Crippen LogP) is 3.28. The summed E-state index contributed by atoms with van der Waals surface area (Å²) < 4.78 is 27.4. The van der Waals surface area contributed by atoms with Crippen molar-refractivity contribution in [3.63, 3.8) is 0 Å². The van der Waals surface area contributed by atoms with Crippen molar-refractivity contribution in [3.8, 4) is 0 Å². The summed E-state index contributed by atoms with van der Waals surface area (Å²) in [5, 5.41) is 1.73. The van der Waals surface area contributed by atoms with Crippen LogP contribution in [0.4, 0.5) is 5.69 Å². The van der Waals surface area contributed by atoms with Gasteiger partial charge in [-0.2, -0.15) is 0 Å². The van der Waals surface area contributed by atoms with Crippen molar-refractivity contribution in [2.45, 2.75) is 30.9 Å². The third-order valence-corrected chi connectivity index (χ3v) is 7.85. The van der Waals surface area contributed by atoms with Gasteiger partial charge in [-0.05, 0) is 48.0 Å². The summed E-state index contributed by atoms with van der Waals surface area (Å²) in [6.07, 6.45) is 1.53. The Morgan fingerprint density at radius 3 is 2.38 bits per heavy atom. The monoisotopic (exact) mass is 435 g/mol. The van der Waals surface area contributed by atoms with Crippen molar-refractivity contribution in [1.82, 2.24) is 9.80 Å². The molecular weight excluding hydrogens is 406 g/mol. The Morgan fingerprint density at radius 1 is 1.10 bits per heavy atom. The van der Waals surface area contributed by atoms with Crippen LogP contribution in [-0.4, -0.2) is 56.8 Å². The van der Waals surface area contributed by atoms with Crippen molar-refractivity contribution in [3.05, 3.63) is 47.3 Å². The third kappa shape index (κ3) is 6.29. The van der Waals surface area contributed by atoms with E-state index in [2.05, 4.69) is 23.5 Å². The van der Waals surface area contributed by atoms with Gasteiger partial charge in [0.2, 0.25) is 5.91 Å². The summed E-state index contributed by atoms with van der Waals surface area (Å²) in [6.45, 7) is 8.98. The van der Waals surface area contributed by atoms with Crippen LogP contribution in [0.15, 0.2) is 46.0 Å². The molecule has 0 spiro atoms. The van der Waals surface area contributed by atoms with Gasteiger partial charge in [-0.1, -0.05) is 32.0 Å². The van der Waals surface area contributed by atoms with Gasteiger partial charge in [-0.25, -0.2) is 8.42 Å². The number of nitrogens with one attached hydrogen (secondary N) is 1. The zero-order chi connectivity index (χ0) is 20.9. The molecule has 0 aliphatic carbocycles. The summed E-state index contributed by atoms with van der Waals surface area (Å²) in [5.41, 5.74) is 1.38. The molecule has 6 nitrogen and oxygen atoms in total. The standard InChI is InChI=1S/C21H29N3O3S2/c1-17(2)9-10-23-11-13-24(14-12-23)20(25)16-18-5-7-19(8-6-18)22-29(26,27)21-4-3-15-28-21/h3-8,15,17,22H,9-14,16H2,1-2H3. The Bertz CT molecular complexity index is 886. The summed E-state index contributed by atoms with van der Waals surface area (Å²) in [5.74, 6) is 0.827. The van der Waals surface area contributed by atoms with Gasteiger partial charge in [0.1, 0.15) is 4.21 Å². The fraction of sp³-hybridized carbons (Fsp3) is 0.476. The molecule has 0 radical (unpaired) electrons. The first-order chi connectivity index (χ1) is 13.8. The number of hydrogen-bond donors (Lipinski definition) is 1. The Morgan fingerprint density at radius 2 is 1.79 bits per heavy atom. The van der Waals surface area contributed by atoms with Crippen LogP contribution >= 0.6 is 11.3 Å². The molecule has 8 heteroatoms. The maximum absolute atomic E-state index is 12.6. The third-order valence-electron chi connectivity index (χ3n) is 5.07. The summed E-state index contributed by atoms with van der Waals surface area (Å²) in [7, 11) is -3.55. The molecule has 2 heterocycles. The number of carbonyl (C=O) groups excluding carboxylic acids is 1. The fourth-order valence-electron chi connectivity index (χ4n) is 3.26. The number of piperazine rings is 1. The van der Waals surface area contributed by atoms with E-state index >= 15 is 0 Å². The Labute approximate surface area is 177 Å². The molecule has 0 atom stereocenters. The number of rotatable bonds is 8. The zero-order valence-electron chi connectivity index (χ0n) is 17.0. The van der Waals surface area contributed by atoms with Gasteiger partial charge in [0.05, 0.1) is 6.42 Å². The maximum atomic E-state index is 12.6. The van der Waals surface area contributed by atoms with Gasteiger partial charge < -0.3 is 4.90 Å². The zero-order valence-corrected chi connectivity index (χ0v) is 18.6. The van der Waals surface area contributed by atoms with Gasteiger partial charge in [0.15, 0.2) is 0 Å². The molecule has 0 saturated carbocycles. The lowest BCUT2D eigenvalue weighted by Gasteiger charge is -2.35. The largest absolute Gasteiger partial charge is 0.340 e. The van der Waals surface area contributed by atoms with E-state index in [0.29, 0.717) is 18.0 Å². The molecule has 3 rings (SSSR count). The second kappa shape index (κ2) is 9.73. The van der Waals surface area contributed by atoms with Crippen LogP contribution in [0.5, 0.6) is 0 Å². The first kappa shape index (κ1) is 21.8. The molecule has 1 aliphatic rings. The van der Waals surface area contributed by atoms with Crippen LogP contribution in [-0.2, 0) is 21.2 Å². The molecule has 29 heavy (non-hydrogen) atoms. The number of anilines is 1. The topological polar surface area (TPSA) is 69.7 Å². The van der Waals surface area contributed by atoms with E-state index in [1.807, 2.05) is 17.0 Å². The Kier molecular flexibility index (Phi) is 7.32. The van der Waals surface area contributed by atoms with E-state index in [0.717, 1.165) is 38.3 Å². The van der Waals surface area contributed by atoms with Crippen molar-refractivity contribution in [2.75, 3.05) is 37.4 Å². The molecule has 1 saturated heterocycles. The molecule has 1 fully saturated rings. The maximum Gasteiger partial charge on any atom is 0.271 e. The average Bonchev–Trinajstić information content (AvgIpc) is 3.24. The van der Waals surface area contributed by atoms with E-state index < -0.39 is 10.0 Å². The van der Waals surface area contributed by atoms with Gasteiger partial charge in [-0.3, -0.25) is 14.4 Å². The Balaban J connectivity index is 1.49. The van der Waals surface area contributed by atoms with E-state index in [4.69, 9.17) is 0 Å². The number of nitrogens with zero attached hydrogens (tertiary/aromatic N) is 2. The van der Waals surface area contributed by atoms with E-state index in [1.54, 1.807) is 29.6 Å². The van der Waals surface area contributed by atoms with Gasteiger partial charge >= 0.3 is 0 Å². The molecule has 0 bridgehead atoms. The lowest BCUT2D eigenvalue weighted by Crippen LogP contribution is -2.49. The molecule has 1 N–H and O–H groups in total. The number of carbonyl (C=O) groups is 1. The second-order valence-electron chi connectivity index (χ2n) is 7.82. The highest BCUT2D eigenvalue weighted by Crippen LogP contribution is 2.20. The smallest absolute Gasteiger partial charge is 0.271 e. The summed E-state index contributed by atoms with van der Waals surface area (Å²) in [4.78, 5) is 17.0. The normalized spacial score (nSPS) is 15.6. The highest BCUT2D eigenvalue weighted by Gasteiger charge is 2.21. The van der Waals surface area contributed by atoms with E-state index in [9.17, 15) is 13.2 Å². The van der Waals surface area contributed by atoms with Crippen LogP contribution in [0.25, 0.3) is 0 Å². The minimum absolute atomic E-state index is 0.125. The first-order valence-electron chi connectivity index (χ1n) is 9.99. The summed E-state index contributed by atoms with van der Waals surface area (Å²) in [6, 6.07) is 10.3. The quantitative estimate of drug-likeness (QED) is 0.691. The molecule has 0 unspecified atom stereocenters. The number of sulfonamides is 1. The second-order valence-corrected chi connectivity index (χ2v) is 10.7. The van der Waals surface area contributed by atoms with Crippen molar-refractivity contribution < 1.29 is 13.2 Å². The number of thiophene rings is 1. The number of amides is 1. The van der Waals surface area contributed by atoms with Crippen molar-refractivity contribution in [1.29, 1.82) is 0 Å². The first-order valence-corrected chi connectivity index (χ1v) is 12.3. The average molecular weight is 436 g/mol. The summed E-state index contributed by atoms with van der Waals surface area (Å²) >= 11 is 1.18. The molecular formula is C21H29N3O3S2. The fourth-order valence-corrected chi connectivity index (χ4v) is 5.31. The van der Waals surface area contributed by atoms with Crippen molar-refractivity contribution >= 4 is 33.0 Å². The minimum atomic E-state index is -3.55. The van der Waals surface area contributed by atoms with Gasteiger partial charge in [0.25, 0.3) is 10.0 Å². The van der Waals surface area contributed by atoms with Crippen LogP contribution < -0.4 is 4.72 Å². The molecule has 1 amide bonds. The van der Waals surface area contributed by atoms with Gasteiger partial charge in [0, 0.05) is 31.9 Å². The minimum Gasteiger partial charge on any atom is -0.340 e.